The average molecular weight is 316 g/mol. The Hall–Kier alpha value is -1.16. The Kier molecular flexibility index (Phi) is 5.20. The highest BCUT2D eigenvalue weighted by molar-refractivity contribution is 5.39. The number of hydrogen-bond donors (Lipinski definition) is 0. The molecule has 1 atom stereocenters. The highest BCUT2D eigenvalue weighted by atomic mass is 15.2. The Labute approximate surface area is 141 Å². The van der Waals surface area contributed by atoms with Crippen LogP contribution in [0, 0.1) is 18.8 Å². The number of aryl methyl sites for hydroxylation is 1. The average Bonchev–Trinajstić information content (AvgIpc) is 3.43. The minimum absolute atomic E-state index is 0.282. The van der Waals surface area contributed by atoms with Crippen molar-refractivity contribution in [3.63, 3.8) is 0 Å². The fraction of sp³-hybridized carbons (Fsp3) is 0.789. The highest BCUT2D eigenvalue weighted by Gasteiger charge is 2.24. The minimum atomic E-state index is 0.282. The summed E-state index contributed by atoms with van der Waals surface area (Å²) in [6.45, 7) is 6.57. The molecule has 1 aromatic rings. The molecule has 0 aliphatic heterocycles. The Balaban J connectivity index is 1.62. The van der Waals surface area contributed by atoms with E-state index >= 15 is 0 Å². The molecule has 3 rings (SSSR count). The van der Waals surface area contributed by atoms with Gasteiger partial charge in [-0.25, -0.2) is 9.97 Å². The largest absolute Gasteiger partial charge is 0.360 e. The van der Waals surface area contributed by atoms with Crippen LogP contribution in [0.15, 0.2) is 6.07 Å². The maximum absolute atomic E-state index is 4.87. The fourth-order valence-corrected chi connectivity index (χ4v) is 3.04. The molecule has 128 valence electrons. The van der Waals surface area contributed by atoms with Crippen molar-refractivity contribution in [1.82, 2.24) is 14.9 Å². The Morgan fingerprint density at radius 2 is 1.65 bits per heavy atom. The van der Waals surface area contributed by atoms with Crippen LogP contribution >= 0.6 is 0 Å². The fourth-order valence-electron chi connectivity index (χ4n) is 3.04. The van der Waals surface area contributed by atoms with E-state index in [-0.39, 0.29) is 6.04 Å². The molecule has 1 heterocycles. The van der Waals surface area contributed by atoms with Gasteiger partial charge in [0.2, 0.25) is 0 Å². The molecule has 0 spiro atoms. The molecule has 2 saturated carbocycles. The van der Waals surface area contributed by atoms with Crippen LogP contribution in [0.4, 0.5) is 5.82 Å². The molecule has 0 bridgehead atoms. The van der Waals surface area contributed by atoms with Crippen molar-refractivity contribution >= 4 is 5.82 Å². The summed E-state index contributed by atoms with van der Waals surface area (Å²) in [6.07, 6.45) is 8.32. The summed E-state index contributed by atoms with van der Waals surface area (Å²) < 4.78 is 0. The molecule has 2 aliphatic rings. The third-order valence-electron chi connectivity index (χ3n) is 5.44. The second kappa shape index (κ2) is 7.16. The third kappa shape index (κ3) is 4.90. The van der Waals surface area contributed by atoms with E-state index in [0.29, 0.717) is 0 Å². The molecule has 0 N–H and O–H groups in total. The van der Waals surface area contributed by atoms with Crippen molar-refractivity contribution in [3.05, 3.63) is 17.6 Å². The van der Waals surface area contributed by atoms with Gasteiger partial charge < -0.3 is 4.90 Å². The molecule has 0 aromatic carbocycles. The predicted octanol–water partition coefficient (Wildman–Crippen LogP) is 3.81. The van der Waals surface area contributed by atoms with Crippen LogP contribution in [-0.2, 0) is 0 Å². The number of hydrogen-bond acceptors (Lipinski definition) is 4. The van der Waals surface area contributed by atoms with Crippen molar-refractivity contribution in [3.8, 4) is 0 Å². The quantitative estimate of drug-likeness (QED) is 0.693. The Bertz CT molecular complexity index is 522. The first-order chi connectivity index (χ1) is 11.0. The summed E-state index contributed by atoms with van der Waals surface area (Å²) >= 11 is 0. The lowest BCUT2D eigenvalue weighted by molar-refractivity contribution is 0.244. The van der Waals surface area contributed by atoms with Gasteiger partial charge in [0.15, 0.2) is 0 Å². The molecule has 4 nitrogen and oxygen atoms in total. The van der Waals surface area contributed by atoms with Gasteiger partial charge in [-0.15, -0.1) is 0 Å². The predicted molar refractivity (Wildman–Crippen MR) is 95.8 cm³/mol. The van der Waals surface area contributed by atoms with E-state index in [9.17, 15) is 0 Å². The Morgan fingerprint density at radius 3 is 2.26 bits per heavy atom. The molecule has 0 amide bonds. The summed E-state index contributed by atoms with van der Waals surface area (Å²) in [7, 11) is 4.37. The molecule has 1 aromatic heterocycles. The van der Waals surface area contributed by atoms with E-state index < -0.39 is 0 Å². The van der Waals surface area contributed by atoms with E-state index in [0.717, 1.165) is 42.3 Å². The van der Waals surface area contributed by atoms with Gasteiger partial charge in [0.25, 0.3) is 0 Å². The molecular weight excluding hydrogens is 284 g/mol. The molecular formula is C19H32N4. The topological polar surface area (TPSA) is 32.3 Å². The molecule has 2 aliphatic carbocycles. The van der Waals surface area contributed by atoms with Gasteiger partial charge in [-0.3, -0.25) is 4.90 Å². The lowest BCUT2D eigenvalue weighted by atomic mass is 10.2. The van der Waals surface area contributed by atoms with Gasteiger partial charge in [0.05, 0.1) is 6.04 Å². The van der Waals surface area contributed by atoms with Gasteiger partial charge >= 0.3 is 0 Å². The zero-order chi connectivity index (χ0) is 16.4. The summed E-state index contributed by atoms with van der Waals surface area (Å²) in [6, 6.07) is 2.40. The van der Waals surface area contributed by atoms with Crippen LogP contribution in [0.25, 0.3) is 0 Å². The number of anilines is 1. The normalized spacial score (nSPS) is 19.2. The zero-order valence-corrected chi connectivity index (χ0v) is 15.3. The van der Waals surface area contributed by atoms with Gasteiger partial charge in [-0.05, 0) is 52.1 Å². The number of aromatic nitrogens is 2. The van der Waals surface area contributed by atoms with Crippen molar-refractivity contribution < 1.29 is 0 Å². The summed E-state index contributed by atoms with van der Waals surface area (Å²) in [4.78, 5) is 14.3. The maximum atomic E-state index is 4.87. The van der Waals surface area contributed by atoms with Crippen molar-refractivity contribution in [2.45, 2.75) is 58.4 Å². The molecule has 4 heteroatoms. The molecule has 0 unspecified atom stereocenters. The standard InChI is InChI=1S/C19H32N4/c1-14-13-18(23(4)12-10-17-7-8-17)21-19(20-14)15(2)22(3)11-9-16-5-6-16/h13,15-17H,5-12H2,1-4H3/t15-/m1/s1. The molecule has 23 heavy (non-hydrogen) atoms. The van der Waals surface area contributed by atoms with Gasteiger partial charge in [0, 0.05) is 25.4 Å². The second-order valence-electron chi connectivity index (χ2n) is 7.77. The Morgan fingerprint density at radius 1 is 1.04 bits per heavy atom. The van der Waals surface area contributed by atoms with Crippen LogP contribution in [0.1, 0.15) is 63.0 Å². The smallest absolute Gasteiger partial charge is 0.147 e. The summed E-state index contributed by atoms with van der Waals surface area (Å²) in [5, 5.41) is 0. The number of nitrogens with zero attached hydrogens (tertiary/aromatic N) is 4. The molecule has 2 fully saturated rings. The van der Waals surface area contributed by atoms with Crippen LogP contribution in [-0.4, -0.2) is 42.1 Å². The second-order valence-corrected chi connectivity index (χ2v) is 7.77. The van der Waals surface area contributed by atoms with E-state index in [4.69, 9.17) is 9.97 Å². The van der Waals surface area contributed by atoms with E-state index in [1.54, 1.807) is 0 Å². The first-order valence-corrected chi connectivity index (χ1v) is 9.30. The van der Waals surface area contributed by atoms with Crippen LogP contribution in [0.3, 0.4) is 0 Å². The summed E-state index contributed by atoms with van der Waals surface area (Å²) in [5.74, 6) is 3.99. The van der Waals surface area contributed by atoms with Crippen LogP contribution in [0.5, 0.6) is 0 Å². The maximum Gasteiger partial charge on any atom is 0.147 e. The molecule has 0 radical (unpaired) electrons. The lowest BCUT2D eigenvalue weighted by Crippen LogP contribution is -2.27. The minimum Gasteiger partial charge on any atom is -0.360 e. The van der Waals surface area contributed by atoms with E-state index in [2.05, 4.69) is 43.8 Å². The van der Waals surface area contributed by atoms with E-state index in [1.807, 2.05) is 0 Å². The summed E-state index contributed by atoms with van der Waals surface area (Å²) in [5.41, 5.74) is 1.07. The monoisotopic (exact) mass is 316 g/mol. The van der Waals surface area contributed by atoms with Crippen LogP contribution < -0.4 is 4.90 Å². The van der Waals surface area contributed by atoms with Crippen molar-refractivity contribution in [1.29, 1.82) is 0 Å². The van der Waals surface area contributed by atoms with Gasteiger partial charge in [-0.2, -0.15) is 0 Å². The third-order valence-corrected chi connectivity index (χ3v) is 5.44. The van der Waals surface area contributed by atoms with E-state index in [1.165, 1.54) is 38.5 Å². The lowest BCUT2D eigenvalue weighted by Gasteiger charge is -2.25. The molecule has 0 saturated heterocycles. The first kappa shape index (κ1) is 16.7. The van der Waals surface area contributed by atoms with Gasteiger partial charge in [0.1, 0.15) is 11.6 Å². The highest BCUT2D eigenvalue weighted by Crippen LogP contribution is 2.33. The van der Waals surface area contributed by atoms with Crippen molar-refractivity contribution in [2.75, 3.05) is 32.1 Å². The SMILES string of the molecule is Cc1cc(N(C)CCC2CC2)nc([C@@H](C)N(C)CCC2CC2)n1. The number of rotatable bonds is 9. The van der Waals surface area contributed by atoms with Crippen molar-refractivity contribution in [2.24, 2.45) is 11.8 Å². The first-order valence-electron chi connectivity index (χ1n) is 9.30. The zero-order valence-electron chi connectivity index (χ0n) is 15.3. The van der Waals surface area contributed by atoms with Gasteiger partial charge in [-0.1, -0.05) is 25.7 Å². The van der Waals surface area contributed by atoms with Crippen LogP contribution in [0.2, 0.25) is 0 Å².